The quantitative estimate of drug-likeness (QED) is 0.493. The van der Waals surface area contributed by atoms with Crippen LogP contribution in [0.1, 0.15) is 49.7 Å². The predicted molar refractivity (Wildman–Crippen MR) is 121 cm³/mol. The molecule has 1 aliphatic rings. The number of ether oxygens (including phenoxy) is 1. The molecule has 3 N–H and O–H groups in total. The lowest BCUT2D eigenvalue weighted by Gasteiger charge is -2.14. The van der Waals surface area contributed by atoms with Crippen molar-refractivity contribution in [1.82, 2.24) is 10.6 Å². The van der Waals surface area contributed by atoms with E-state index in [1.807, 2.05) is 31.2 Å². The van der Waals surface area contributed by atoms with Crippen LogP contribution in [0.15, 0.2) is 48.5 Å². The minimum Gasteiger partial charge on any atom is -0.481 e. The van der Waals surface area contributed by atoms with Crippen LogP contribution in [0.2, 0.25) is 0 Å². The number of carbonyl (C=O) groups excluding carboxylic acids is 2. The van der Waals surface area contributed by atoms with Crippen LogP contribution >= 0.6 is 0 Å². The molecule has 1 unspecified atom stereocenters. The van der Waals surface area contributed by atoms with Crippen LogP contribution < -0.4 is 10.6 Å². The van der Waals surface area contributed by atoms with Crippen LogP contribution in [0.4, 0.5) is 4.79 Å². The van der Waals surface area contributed by atoms with E-state index in [0.717, 1.165) is 17.5 Å². The van der Waals surface area contributed by atoms with E-state index < -0.39 is 12.1 Å². The van der Waals surface area contributed by atoms with E-state index in [0.29, 0.717) is 13.0 Å². The van der Waals surface area contributed by atoms with Gasteiger partial charge in [-0.2, -0.15) is 0 Å². The molecule has 0 spiro atoms. The number of carbonyl (C=O) groups is 3. The van der Waals surface area contributed by atoms with Gasteiger partial charge in [-0.1, -0.05) is 55.5 Å². The molecule has 0 aromatic heterocycles. The third-order valence-electron chi connectivity index (χ3n) is 5.78. The molecule has 1 atom stereocenters. The number of amides is 2. The first-order chi connectivity index (χ1) is 15.5. The standard InChI is InChI=1S/C25H30N2O5/c1-17(10-11-24(29)30)12-14-26-23(28)13-15-27-25(31)32-16-22-20-8-4-2-6-18(20)19-7-3-5-9-21(19)22/h2-9,17,22H,10-16H2,1H3,(H,26,28)(H,27,31)(H,29,30). The largest absolute Gasteiger partial charge is 0.481 e. The summed E-state index contributed by atoms with van der Waals surface area (Å²) in [5.74, 6) is -0.737. The average Bonchev–Trinajstić information content (AvgIpc) is 3.10. The first-order valence-electron chi connectivity index (χ1n) is 11.0. The Hall–Kier alpha value is -3.35. The summed E-state index contributed by atoms with van der Waals surface area (Å²) < 4.78 is 5.45. The molecule has 170 valence electrons. The maximum atomic E-state index is 12.1. The van der Waals surface area contributed by atoms with Gasteiger partial charge in [0, 0.05) is 31.8 Å². The predicted octanol–water partition coefficient (Wildman–Crippen LogP) is 3.92. The lowest BCUT2D eigenvalue weighted by atomic mass is 9.98. The zero-order chi connectivity index (χ0) is 22.9. The molecule has 1 aliphatic carbocycles. The molecule has 32 heavy (non-hydrogen) atoms. The summed E-state index contributed by atoms with van der Waals surface area (Å²) in [6.45, 7) is 2.88. The number of fused-ring (bicyclic) bond motifs is 3. The molecule has 0 saturated carbocycles. The van der Waals surface area contributed by atoms with Crippen molar-refractivity contribution in [2.45, 2.75) is 38.5 Å². The molecular formula is C25H30N2O5. The van der Waals surface area contributed by atoms with E-state index in [-0.39, 0.29) is 43.7 Å². The van der Waals surface area contributed by atoms with Crippen molar-refractivity contribution in [2.24, 2.45) is 5.92 Å². The van der Waals surface area contributed by atoms with Crippen molar-refractivity contribution in [2.75, 3.05) is 19.7 Å². The highest BCUT2D eigenvalue weighted by Crippen LogP contribution is 2.44. The van der Waals surface area contributed by atoms with Crippen LogP contribution in [0.3, 0.4) is 0 Å². The van der Waals surface area contributed by atoms with E-state index in [2.05, 4.69) is 34.9 Å². The Morgan fingerprint density at radius 1 is 0.906 bits per heavy atom. The Kier molecular flexibility index (Phi) is 8.25. The van der Waals surface area contributed by atoms with Crippen LogP contribution in [-0.4, -0.2) is 42.8 Å². The number of benzene rings is 2. The summed E-state index contributed by atoms with van der Waals surface area (Å²) in [5.41, 5.74) is 4.65. The molecule has 7 heteroatoms. The zero-order valence-electron chi connectivity index (χ0n) is 18.3. The van der Waals surface area contributed by atoms with Gasteiger partial charge >= 0.3 is 12.1 Å². The molecule has 0 fully saturated rings. The Morgan fingerprint density at radius 3 is 2.16 bits per heavy atom. The molecule has 0 saturated heterocycles. The second-order valence-corrected chi connectivity index (χ2v) is 8.18. The van der Waals surface area contributed by atoms with Crippen LogP contribution in [0.5, 0.6) is 0 Å². The van der Waals surface area contributed by atoms with Gasteiger partial charge in [0.2, 0.25) is 5.91 Å². The number of hydrogen-bond donors (Lipinski definition) is 3. The average molecular weight is 439 g/mol. The van der Waals surface area contributed by atoms with Crippen molar-refractivity contribution in [3.05, 3.63) is 59.7 Å². The van der Waals surface area contributed by atoms with Gasteiger partial charge in [-0.25, -0.2) is 4.79 Å². The van der Waals surface area contributed by atoms with Gasteiger partial charge in [0.1, 0.15) is 6.61 Å². The van der Waals surface area contributed by atoms with Gasteiger partial charge in [-0.05, 0) is 41.0 Å². The first-order valence-corrected chi connectivity index (χ1v) is 11.0. The summed E-state index contributed by atoms with van der Waals surface area (Å²) in [4.78, 5) is 34.6. The minimum absolute atomic E-state index is 0.000403. The van der Waals surface area contributed by atoms with Gasteiger partial charge in [0.15, 0.2) is 0 Å². The van der Waals surface area contributed by atoms with E-state index >= 15 is 0 Å². The zero-order valence-corrected chi connectivity index (χ0v) is 18.3. The Bertz CT molecular complexity index is 913. The van der Waals surface area contributed by atoms with Crippen molar-refractivity contribution >= 4 is 18.0 Å². The Labute approximate surface area is 188 Å². The molecule has 2 amide bonds. The second kappa shape index (κ2) is 11.3. The number of rotatable bonds is 11. The minimum atomic E-state index is -0.805. The molecule has 2 aromatic rings. The van der Waals surface area contributed by atoms with Crippen LogP contribution in [-0.2, 0) is 14.3 Å². The van der Waals surface area contributed by atoms with Gasteiger partial charge in [0.25, 0.3) is 0 Å². The lowest BCUT2D eigenvalue weighted by Crippen LogP contribution is -2.32. The van der Waals surface area contributed by atoms with Gasteiger partial charge < -0.3 is 20.5 Å². The summed E-state index contributed by atoms with van der Waals surface area (Å²) in [6.07, 6.45) is 1.07. The summed E-state index contributed by atoms with van der Waals surface area (Å²) in [7, 11) is 0. The maximum Gasteiger partial charge on any atom is 0.407 e. The molecule has 0 bridgehead atoms. The van der Waals surface area contributed by atoms with Crippen LogP contribution in [0, 0.1) is 5.92 Å². The van der Waals surface area contributed by atoms with Gasteiger partial charge in [0.05, 0.1) is 0 Å². The number of nitrogens with one attached hydrogen (secondary N) is 2. The number of carboxylic acid groups (broad SMARTS) is 1. The van der Waals surface area contributed by atoms with E-state index in [9.17, 15) is 14.4 Å². The fourth-order valence-corrected chi connectivity index (χ4v) is 3.99. The SMILES string of the molecule is CC(CCNC(=O)CCNC(=O)OCC1c2ccccc2-c2ccccc21)CCC(=O)O. The molecule has 2 aromatic carbocycles. The molecule has 7 nitrogen and oxygen atoms in total. The van der Waals surface area contributed by atoms with Crippen molar-refractivity contribution in [3.63, 3.8) is 0 Å². The number of carboxylic acids is 1. The number of alkyl carbamates (subject to hydrolysis) is 1. The smallest absolute Gasteiger partial charge is 0.407 e. The van der Waals surface area contributed by atoms with E-state index in [1.54, 1.807) is 0 Å². The van der Waals surface area contributed by atoms with E-state index in [1.165, 1.54) is 11.1 Å². The fourth-order valence-electron chi connectivity index (χ4n) is 3.99. The van der Waals surface area contributed by atoms with Crippen molar-refractivity contribution < 1.29 is 24.2 Å². The van der Waals surface area contributed by atoms with Crippen LogP contribution in [0.25, 0.3) is 11.1 Å². The molecular weight excluding hydrogens is 408 g/mol. The highest BCUT2D eigenvalue weighted by atomic mass is 16.5. The molecule has 0 aliphatic heterocycles. The normalized spacial score (nSPS) is 13.0. The monoisotopic (exact) mass is 438 g/mol. The maximum absolute atomic E-state index is 12.1. The van der Waals surface area contributed by atoms with Crippen molar-refractivity contribution in [1.29, 1.82) is 0 Å². The second-order valence-electron chi connectivity index (χ2n) is 8.18. The molecule has 3 rings (SSSR count). The summed E-state index contributed by atoms with van der Waals surface area (Å²) in [6, 6.07) is 16.3. The Balaban J connectivity index is 1.35. The van der Waals surface area contributed by atoms with E-state index in [4.69, 9.17) is 9.84 Å². The van der Waals surface area contributed by atoms with Gasteiger partial charge in [-0.3, -0.25) is 9.59 Å². The number of hydrogen-bond acceptors (Lipinski definition) is 4. The summed E-state index contributed by atoms with van der Waals surface area (Å²) in [5, 5.41) is 14.1. The van der Waals surface area contributed by atoms with Gasteiger partial charge in [-0.15, -0.1) is 0 Å². The topological polar surface area (TPSA) is 105 Å². The highest BCUT2D eigenvalue weighted by Gasteiger charge is 2.28. The third kappa shape index (κ3) is 6.33. The fraction of sp³-hybridized carbons (Fsp3) is 0.400. The summed E-state index contributed by atoms with van der Waals surface area (Å²) >= 11 is 0. The molecule has 0 heterocycles. The first kappa shape index (κ1) is 23.3. The number of aliphatic carboxylic acids is 1. The lowest BCUT2D eigenvalue weighted by molar-refractivity contribution is -0.137. The van der Waals surface area contributed by atoms with Crippen molar-refractivity contribution in [3.8, 4) is 11.1 Å². The third-order valence-corrected chi connectivity index (χ3v) is 5.78. The Morgan fingerprint density at radius 2 is 1.53 bits per heavy atom. The highest BCUT2D eigenvalue weighted by molar-refractivity contribution is 5.79. The molecule has 0 radical (unpaired) electrons.